The molecule has 36 heavy (non-hydrogen) atoms. The fraction of sp³-hybridized carbons (Fsp3) is 0.375. The molecule has 0 bridgehead atoms. The highest BCUT2D eigenvalue weighted by Gasteiger charge is 2.54. The number of hydrogen-bond donors (Lipinski definition) is 3. The van der Waals surface area contributed by atoms with Crippen molar-refractivity contribution in [1.29, 1.82) is 0 Å². The number of imidazole rings is 1. The van der Waals surface area contributed by atoms with Gasteiger partial charge in [-0.1, -0.05) is 0 Å². The van der Waals surface area contributed by atoms with Gasteiger partial charge in [-0.05, 0) is 51.1 Å². The lowest BCUT2D eigenvalue weighted by Gasteiger charge is -2.40. The standard InChI is InChI=1S/C24H27FN6O5/c1-13(2)36-21(33)23(3)11-34-24(19(26)32,35-12-23)20-30-17(14-5-7-15(25)8-6-14)18(31-20)16-9-10-28-22(27-4)29-16/h5-10,13H,11-12H2,1-4H3,(H2,26,32)(H,30,31)(H,27,28,29). The number of carbonyl (C=O) groups excluding carboxylic acids is 2. The number of H-pyrrole nitrogens is 1. The minimum Gasteiger partial charge on any atom is -0.462 e. The normalized spacial score (nSPS) is 21.8. The van der Waals surface area contributed by atoms with E-state index in [1.54, 1.807) is 40.1 Å². The molecule has 11 nitrogen and oxygen atoms in total. The van der Waals surface area contributed by atoms with Gasteiger partial charge < -0.3 is 30.2 Å². The second-order valence-corrected chi connectivity index (χ2v) is 8.90. The first-order valence-corrected chi connectivity index (χ1v) is 11.2. The summed E-state index contributed by atoms with van der Waals surface area (Å²) < 4.78 is 30.6. The summed E-state index contributed by atoms with van der Waals surface area (Å²) in [5.74, 6) is -3.72. The third-order valence-corrected chi connectivity index (χ3v) is 5.62. The molecular weight excluding hydrogens is 471 g/mol. The molecule has 0 unspecified atom stereocenters. The number of primary amides is 1. The zero-order valence-electron chi connectivity index (χ0n) is 20.3. The number of rotatable bonds is 7. The van der Waals surface area contributed by atoms with Gasteiger partial charge >= 0.3 is 11.8 Å². The van der Waals surface area contributed by atoms with Crippen LogP contribution in [0.3, 0.4) is 0 Å². The Bertz CT molecular complexity index is 1270. The molecule has 1 aliphatic heterocycles. The average molecular weight is 499 g/mol. The van der Waals surface area contributed by atoms with Crippen molar-refractivity contribution in [1.82, 2.24) is 19.9 Å². The minimum absolute atomic E-state index is 0.0479. The van der Waals surface area contributed by atoms with Gasteiger partial charge in [-0.2, -0.15) is 0 Å². The summed E-state index contributed by atoms with van der Waals surface area (Å²) in [7, 11) is 1.67. The molecule has 12 heteroatoms. The van der Waals surface area contributed by atoms with Crippen LogP contribution >= 0.6 is 0 Å². The van der Waals surface area contributed by atoms with E-state index in [9.17, 15) is 14.0 Å². The van der Waals surface area contributed by atoms with E-state index in [4.69, 9.17) is 19.9 Å². The Labute approximate surface area is 206 Å². The lowest BCUT2D eigenvalue weighted by atomic mass is 9.91. The number of anilines is 1. The summed E-state index contributed by atoms with van der Waals surface area (Å²) in [6.07, 6.45) is 1.21. The van der Waals surface area contributed by atoms with Crippen molar-refractivity contribution >= 4 is 17.8 Å². The molecule has 0 saturated carbocycles. The maximum atomic E-state index is 13.6. The first-order valence-electron chi connectivity index (χ1n) is 11.2. The van der Waals surface area contributed by atoms with Crippen LogP contribution in [0.1, 0.15) is 26.6 Å². The summed E-state index contributed by atoms with van der Waals surface area (Å²) in [5, 5.41) is 2.86. The number of benzene rings is 1. The van der Waals surface area contributed by atoms with E-state index in [-0.39, 0.29) is 25.1 Å². The summed E-state index contributed by atoms with van der Waals surface area (Å²) in [5.41, 5.74) is 6.30. The third kappa shape index (κ3) is 4.64. The van der Waals surface area contributed by atoms with Gasteiger partial charge in [0.25, 0.3) is 5.91 Å². The molecular formula is C24H27FN6O5. The van der Waals surface area contributed by atoms with E-state index in [2.05, 4.69) is 25.3 Å². The molecule has 1 fully saturated rings. The van der Waals surface area contributed by atoms with Gasteiger partial charge in [0.1, 0.15) is 11.2 Å². The fourth-order valence-corrected chi connectivity index (χ4v) is 3.62. The molecule has 0 spiro atoms. The van der Waals surface area contributed by atoms with Gasteiger partial charge in [-0.25, -0.2) is 19.3 Å². The highest BCUT2D eigenvalue weighted by Crippen LogP contribution is 2.39. The van der Waals surface area contributed by atoms with Gasteiger partial charge in [0.2, 0.25) is 5.95 Å². The largest absolute Gasteiger partial charge is 0.462 e. The van der Waals surface area contributed by atoms with Gasteiger partial charge in [-0.15, -0.1) is 0 Å². The van der Waals surface area contributed by atoms with E-state index < -0.39 is 28.9 Å². The number of halogens is 1. The second kappa shape index (κ2) is 9.63. The van der Waals surface area contributed by atoms with Crippen LogP contribution in [-0.2, 0) is 29.6 Å². The van der Waals surface area contributed by atoms with Crippen LogP contribution in [-0.4, -0.2) is 58.2 Å². The van der Waals surface area contributed by atoms with Crippen LogP contribution in [0.15, 0.2) is 36.5 Å². The number of ether oxygens (including phenoxy) is 3. The highest BCUT2D eigenvalue weighted by atomic mass is 19.1. The lowest BCUT2D eigenvalue weighted by molar-refractivity contribution is -0.294. The zero-order valence-corrected chi connectivity index (χ0v) is 20.3. The Hall–Kier alpha value is -3.90. The number of amides is 1. The number of aromatic amines is 1. The van der Waals surface area contributed by atoms with Gasteiger partial charge in [0, 0.05) is 18.8 Å². The van der Waals surface area contributed by atoms with Crippen LogP contribution in [0.25, 0.3) is 22.6 Å². The Morgan fingerprint density at radius 3 is 2.42 bits per heavy atom. The van der Waals surface area contributed by atoms with Crippen molar-refractivity contribution in [3.63, 3.8) is 0 Å². The number of aromatic nitrogens is 4. The number of carbonyl (C=O) groups is 2. The van der Waals surface area contributed by atoms with Gasteiger partial charge in [0.15, 0.2) is 5.82 Å². The minimum atomic E-state index is -2.11. The molecule has 1 aliphatic rings. The first-order chi connectivity index (χ1) is 17.1. The van der Waals surface area contributed by atoms with Crippen molar-refractivity contribution in [3.8, 4) is 22.6 Å². The molecule has 4 N–H and O–H groups in total. The summed E-state index contributed by atoms with van der Waals surface area (Å²) >= 11 is 0. The van der Waals surface area contributed by atoms with Gasteiger partial charge in [-0.3, -0.25) is 9.59 Å². The van der Waals surface area contributed by atoms with Crippen molar-refractivity contribution in [3.05, 3.63) is 48.2 Å². The average Bonchev–Trinajstić information content (AvgIpc) is 3.30. The summed E-state index contributed by atoms with van der Waals surface area (Å²) in [4.78, 5) is 41.5. The van der Waals surface area contributed by atoms with E-state index >= 15 is 0 Å². The molecule has 1 amide bonds. The Morgan fingerprint density at radius 1 is 1.17 bits per heavy atom. The zero-order chi connectivity index (χ0) is 26.1. The summed E-state index contributed by atoms with van der Waals surface area (Å²) in [6.45, 7) is 4.66. The quantitative estimate of drug-likeness (QED) is 0.416. The molecule has 1 saturated heterocycles. The number of esters is 1. The molecule has 3 aromatic rings. The van der Waals surface area contributed by atoms with Crippen molar-refractivity contribution in [2.45, 2.75) is 32.7 Å². The predicted octanol–water partition coefficient (Wildman–Crippen LogP) is 2.36. The van der Waals surface area contributed by atoms with E-state index in [1.165, 1.54) is 24.3 Å². The Balaban J connectivity index is 1.78. The molecule has 4 rings (SSSR count). The highest BCUT2D eigenvalue weighted by molar-refractivity contribution is 5.85. The number of nitrogens with zero attached hydrogens (tertiary/aromatic N) is 3. The SMILES string of the molecule is CNc1nccc(-c2[nH]c(C3(C(N)=O)OCC(C)(C(=O)OC(C)C)CO3)nc2-c2ccc(F)cc2)n1. The second-order valence-electron chi connectivity index (χ2n) is 8.90. The van der Waals surface area contributed by atoms with Gasteiger partial charge in [0.05, 0.1) is 36.4 Å². The maximum Gasteiger partial charge on any atom is 0.316 e. The molecule has 2 aromatic heterocycles. The summed E-state index contributed by atoms with van der Waals surface area (Å²) in [6, 6.07) is 7.30. The van der Waals surface area contributed by atoms with E-state index in [0.717, 1.165) is 0 Å². The lowest BCUT2D eigenvalue weighted by Crippen LogP contribution is -2.56. The smallest absolute Gasteiger partial charge is 0.316 e. The number of nitrogens with one attached hydrogen (secondary N) is 2. The van der Waals surface area contributed by atoms with Crippen molar-refractivity contribution < 1.29 is 28.2 Å². The third-order valence-electron chi connectivity index (χ3n) is 5.62. The number of hydrogen-bond acceptors (Lipinski definition) is 9. The molecule has 1 aromatic carbocycles. The molecule has 0 aliphatic carbocycles. The number of nitrogens with two attached hydrogens (primary N) is 1. The fourth-order valence-electron chi connectivity index (χ4n) is 3.62. The van der Waals surface area contributed by atoms with Crippen molar-refractivity contribution in [2.75, 3.05) is 25.6 Å². The van der Waals surface area contributed by atoms with E-state index in [1.807, 2.05) is 0 Å². The van der Waals surface area contributed by atoms with Crippen LogP contribution in [0.5, 0.6) is 0 Å². The monoisotopic (exact) mass is 498 g/mol. The topological polar surface area (TPSA) is 154 Å². The van der Waals surface area contributed by atoms with Crippen LogP contribution in [0.4, 0.5) is 10.3 Å². The van der Waals surface area contributed by atoms with Crippen LogP contribution in [0, 0.1) is 11.2 Å². The van der Waals surface area contributed by atoms with Crippen LogP contribution in [0.2, 0.25) is 0 Å². The molecule has 3 heterocycles. The maximum absolute atomic E-state index is 13.6. The molecule has 190 valence electrons. The predicted molar refractivity (Wildman–Crippen MR) is 127 cm³/mol. The van der Waals surface area contributed by atoms with Crippen molar-refractivity contribution in [2.24, 2.45) is 11.1 Å². The van der Waals surface area contributed by atoms with Crippen LogP contribution < -0.4 is 11.1 Å². The Morgan fingerprint density at radius 2 is 1.83 bits per heavy atom. The Kier molecular flexibility index (Phi) is 6.74. The molecule has 0 radical (unpaired) electrons. The first kappa shape index (κ1) is 25.2. The molecule has 0 atom stereocenters. The van der Waals surface area contributed by atoms with E-state index in [0.29, 0.717) is 28.6 Å².